The summed E-state index contributed by atoms with van der Waals surface area (Å²) in [5.41, 5.74) is 0.766. The third-order valence-corrected chi connectivity index (χ3v) is 6.12. The van der Waals surface area contributed by atoms with Crippen LogP contribution in [-0.4, -0.2) is 37.6 Å². The lowest BCUT2D eigenvalue weighted by Crippen LogP contribution is -2.52. The topological polar surface area (TPSA) is 58.6 Å². The van der Waals surface area contributed by atoms with E-state index in [0.29, 0.717) is 44.7 Å². The normalized spacial score (nSPS) is 21.2. The van der Waals surface area contributed by atoms with Crippen LogP contribution >= 0.6 is 11.6 Å². The molecule has 2 aromatic carbocycles. The van der Waals surface area contributed by atoms with Crippen LogP contribution in [0.25, 0.3) is 0 Å². The Morgan fingerprint density at radius 1 is 1.17 bits per heavy atom. The molecule has 0 spiro atoms. The fourth-order valence-electron chi connectivity index (χ4n) is 4.14. The molecule has 1 N–H and O–H groups in total. The third kappa shape index (κ3) is 3.74. The molecule has 0 aliphatic carbocycles. The average molecular weight is 417 g/mol. The molecule has 2 saturated heterocycles. The van der Waals surface area contributed by atoms with Crippen LogP contribution in [0.15, 0.2) is 48.5 Å². The number of nitrogens with zero attached hydrogens (tertiary/aromatic N) is 1. The van der Waals surface area contributed by atoms with E-state index in [4.69, 9.17) is 16.3 Å². The summed E-state index contributed by atoms with van der Waals surface area (Å²) in [5.74, 6) is -0.892. The molecule has 0 bridgehead atoms. The van der Waals surface area contributed by atoms with E-state index in [0.717, 1.165) is 5.56 Å². The summed E-state index contributed by atoms with van der Waals surface area (Å²) >= 11 is 5.85. The van der Waals surface area contributed by atoms with Crippen molar-refractivity contribution in [1.82, 2.24) is 5.32 Å². The van der Waals surface area contributed by atoms with Gasteiger partial charge in [0.2, 0.25) is 11.8 Å². The Hall–Kier alpha value is -2.44. The molecule has 1 atom stereocenters. The lowest BCUT2D eigenvalue weighted by Gasteiger charge is -2.37. The molecule has 7 heteroatoms. The number of benzene rings is 2. The van der Waals surface area contributed by atoms with Crippen LogP contribution in [0, 0.1) is 5.82 Å². The van der Waals surface area contributed by atoms with Crippen molar-refractivity contribution in [3.05, 3.63) is 64.9 Å². The third-order valence-electron chi connectivity index (χ3n) is 5.83. The number of ether oxygens (including phenoxy) is 1. The molecular weight excluding hydrogens is 395 g/mol. The highest BCUT2D eigenvalue weighted by Crippen LogP contribution is 2.36. The van der Waals surface area contributed by atoms with Gasteiger partial charge < -0.3 is 15.0 Å². The molecule has 1 unspecified atom stereocenters. The number of hydrogen-bond donors (Lipinski definition) is 1. The van der Waals surface area contributed by atoms with E-state index in [1.165, 1.54) is 23.1 Å². The molecule has 2 aromatic rings. The van der Waals surface area contributed by atoms with Crippen molar-refractivity contribution in [1.29, 1.82) is 0 Å². The standard InChI is InChI=1S/C22H22ClFN2O3/c23-17-14-16(6-7-18(17)24)26-11-8-19(20(26)27)25-21(28)22(9-12-29-13-10-22)15-4-2-1-3-5-15/h1-7,14,19H,8-13H2,(H,25,28). The van der Waals surface area contributed by atoms with E-state index >= 15 is 0 Å². The van der Waals surface area contributed by atoms with Crippen LogP contribution in [-0.2, 0) is 19.7 Å². The van der Waals surface area contributed by atoms with Gasteiger partial charge in [0.05, 0.1) is 10.4 Å². The van der Waals surface area contributed by atoms with Gasteiger partial charge in [0.25, 0.3) is 0 Å². The molecule has 2 heterocycles. The van der Waals surface area contributed by atoms with Crippen LogP contribution in [0.5, 0.6) is 0 Å². The fourth-order valence-corrected chi connectivity index (χ4v) is 4.32. The van der Waals surface area contributed by atoms with Crippen molar-refractivity contribution in [3.63, 3.8) is 0 Å². The minimum Gasteiger partial charge on any atom is -0.381 e. The molecule has 2 fully saturated rings. The number of carbonyl (C=O) groups is 2. The summed E-state index contributed by atoms with van der Waals surface area (Å²) in [4.78, 5) is 27.8. The molecule has 5 nitrogen and oxygen atoms in total. The smallest absolute Gasteiger partial charge is 0.249 e. The van der Waals surface area contributed by atoms with E-state index in [9.17, 15) is 14.0 Å². The number of halogens is 2. The maximum Gasteiger partial charge on any atom is 0.249 e. The van der Waals surface area contributed by atoms with Crippen molar-refractivity contribution in [2.75, 3.05) is 24.7 Å². The monoisotopic (exact) mass is 416 g/mol. The first-order valence-corrected chi connectivity index (χ1v) is 10.1. The first-order valence-electron chi connectivity index (χ1n) is 9.72. The minimum absolute atomic E-state index is 0.0342. The van der Waals surface area contributed by atoms with E-state index < -0.39 is 17.3 Å². The van der Waals surface area contributed by atoms with Gasteiger partial charge in [0.1, 0.15) is 11.9 Å². The van der Waals surface area contributed by atoms with E-state index in [2.05, 4.69) is 5.32 Å². The van der Waals surface area contributed by atoms with Crippen molar-refractivity contribution in [3.8, 4) is 0 Å². The number of anilines is 1. The Labute approximate surface area is 173 Å². The summed E-state index contributed by atoms with van der Waals surface area (Å²) in [6.45, 7) is 1.44. The van der Waals surface area contributed by atoms with Crippen LogP contribution in [0.4, 0.5) is 10.1 Å². The molecule has 0 aromatic heterocycles. The second-order valence-electron chi connectivity index (χ2n) is 7.46. The highest BCUT2D eigenvalue weighted by Gasteiger charge is 2.44. The minimum atomic E-state index is -0.702. The summed E-state index contributed by atoms with van der Waals surface area (Å²) in [7, 11) is 0. The van der Waals surface area contributed by atoms with Crippen molar-refractivity contribution < 1.29 is 18.7 Å². The quantitative estimate of drug-likeness (QED) is 0.830. The Kier molecular flexibility index (Phi) is 5.56. The van der Waals surface area contributed by atoms with E-state index in [-0.39, 0.29) is 16.8 Å². The zero-order chi connectivity index (χ0) is 20.4. The van der Waals surface area contributed by atoms with Gasteiger partial charge in [-0.15, -0.1) is 0 Å². The molecule has 152 valence electrons. The first-order chi connectivity index (χ1) is 14.0. The fraction of sp³-hybridized carbons (Fsp3) is 0.364. The summed E-state index contributed by atoms with van der Waals surface area (Å²) in [6.07, 6.45) is 1.63. The maximum atomic E-state index is 13.4. The zero-order valence-corrected chi connectivity index (χ0v) is 16.6. The summed E-state index contributed by atoms with van der Waals surface area (Å²) in [6, 6.07) is 13.2. The van der Waals surface area contributed by atoms with Gasteiger partial charge in [-0.2, -0.15) is 0 Å². The lowest BCUT2D eigenvalue weighted by atomic mass is 9.73. The lowest BCUT2D eigenvalue weighted by molar-refractivity contribution is -0.133. The predicted octanol–water partition coefficient (Wildman–Crippen LogP) is 3.45. The second-order valence-corrected chi connectivity index (χ2v) is 7.87. The van der Waals surface area contributed by atoms with Crippen molar-refractivity contribution in [2.24, 2.45) is 0 Å². The zero-order valence-electron chi connectivity index (χ0n) is 15.9. The van der Waals surface area contributed by atoms with Gasteiger partial charge >= 0.3 is 0 Å². The number of hydrogen-bond acceptors (Lipinski definition) is 3. The van der Waals surface area contributed by atoms with Gasteiger partial charge in [0.15, 0.2) is 0 Å². The Morgan fingerprint density at radius 2 is 1.90 bits per heavy atom. The largest absolute Gasteiger partial charge is 0.381 e. The molecule has 29 heavy (non-hydrogen) atoms. The Morgan fingerprint density at radius 3 is 2.59 bits per heavy atom. The maximum absolute atomic E-state index is 13.4. The SMILES string of the molecule is O=C1C(NC(=O)C2(c3ccccc3)CCOCC2)CCN1c1ccc(F)c(Cl)c1. The number of nitrogens with one attached hydrogen (secondary N) is 1. The van der Waals surface area contributed by atoms with E-state index in [1.807, 2.05) is 30.3 Å². The summed E-state index contributed by atoms with van der Waals surface area (Å²) in [5, 5.41) is 2.94. The van der Waals surface area contributed by atoms with Crippen molar-refractivity contribution >= 4 is 29.1 Å². The molecule has 4 rings (SSSR count). The predicted molar refractivity (Wildman–Crippen MR) is 108 cm³/mol. The van der Waals surface area contributed by atoms with Gasteiger partial charge in [-0.05, 0) is 43.0 Å². The van der Waals surface area contributed by atoms with E-state index in [1.54, 1.807) is 0 Å². The van der Waals surface area contributed by atoms with Gasteiger partial charge in [-0.3, -0.25) is 9.59 Å². The number of carbonyl (C=O) groups excluding carboxylic acids is 2. The van der Waals surface area contributed by atoms with Crippen LogP contribution in [0.3, 0.4) is 0 Å². The molecular formula is C22H22ClFN2O3. The van der Waals surface area contributed by atoms with Gasteiger partial charge in [-0.1, -0.05) is 41.9 Å². The van der Waals surface area contributed by atoms with Gasteiger partial charge in [-0.25, -0.2) is 4.39 Å². The molecule has 0 radical (unpaired) electrons. The van der Waals surface area contributed by atoms with Crippen LogP contribution in [0.2, 0.25) is 5.02 Å². The number of rotatable bonds is 4. The summed E-state index contributed by atoms with van der Waals surface area (Å²) < 4.78 is 18.9. The molecule has 2 aliphatic heterocycles. The average Bonchev–Trinajstić information content (AvgIpc) is 3.11. The molecule has 2 aliphatic rings. The Balaban J connectivity index is 1.53. The Bertz CT molecular complexity index is 916. The highest BCUT2D eigenvalue weighted by atomic mass is 35.5. The first kappa shape index (κ1) is 19.9. The molecule has 0 saturated carbocycles. The van der Waals surface area contributed by atoms with Crippen LogP contribution < -0.4 is 10.2 Å². The van der Waals surface area contributed by atoms with Gasteiger partial charge in [0, 0.05) is 25.4 Å². The van der Waals surface area contributed by atoms with Crippen molar-refractivity contribution in [2.45, 2.75) is 30.7 Å². The number of amides is 2. The highest BCUT2D eigenvalue weighted by molar-refractivity contribution is 6.31. The van der Waals surface area contributed by atoms with Crippen LogP contribution in [0.1, 0.15) is 24.8 Å². The molecule has 2 amide bonds. The second kappa shape index (κ2) is 8.13.